The normalized spacial score (nSPS) is 10.9. The summed E-state index contributed by atoms with van der Waals surface area (Å²) in [6.45, 7) is 4.68. The van der Waals surface area contributed by atoms with Crippen LogP contribution in [-0.2, 0) is 10.0 Å². The Morgan fingerprint density at radius 2 is 1.60 bits per heavy atom. The predicted octanol–water partition coefficient (Wildman–Crippen LogP) is 5.21. The fourth-order valence-corrected chi connectivity index (χ4v) is 5.05. The van der Waals surface area contributed by atoms with Crippen molar-refractivity contribution in [1.29, 1.82) is 0 Å². The first-order valence-corrected chi connectivity index (χ1v) is 13.2. The minimum Gasteiger partial charge on any atom is -0.493 e. The van der Waals surface area contributed by atoms with Crippen molar-refractivity contribution in [2.45, 2.75) is 31.6 Å². The van der Waals surface area contributed by atoms with Gasteiger partial charge in [-0.15, -0.1) is 0 Å². The molecule has 0 aromatic heterocycles. The number of unbranched alkanes of at least 4 members (excludes halogenated alkanes) is 1. The van der Waals surface area contributed by atoms with Crippen LogP contribution in [0.3, 0.4) is 0 Å². The van der Waals surface area contributed by atoms with Crippen LogP contribution in [0.2, 0.25) is 0 Å². The van der Waals surface area contributed by atoms with E-state index in [1.165, 1.54) is 16.4 Å². The summed E-state index contributed by atoms with van der Waals surface area (Å²) >= 11 is 5.28. The van der Waals surface area contributed by atoms with Gasteiger partial charge in [0.15, 0.2) is 5.11 Å². The van der Waals surface area contributed by atoms with Crippen molar-refractivity contribution in [3.05, 3.63) is 84.4 Å². The number of nitrogens with zero attached hydrogens (tertiary/aromatic N) is 1. The summed E-state index contributed by atoms with van der Waals surface area (Å²) < 4.78 is 33.3. The third kappa shape index (κ3) is 6.80. The molecule has 0 unspecified atom stereocenters. The molecule has 3 aromatic carbocycles. The first kappa shape index (κ1) is 26.2. The van der Waals surface area contributed by atoms with Crippen molar-refractivity contribution in [1.82, 2.24) is 5.32 Å². The van der Waals surface area contributed by atoms with Gasteiger partial charge in [0.25, 0.3) is 15.9 Å². The van der Waals surface area contributed by atoms with Crippen LogP contribution >= 0.6 is 12.2 Å². The van der Waals surface area contributed by atoms with Crippen LogP contribution in [0, 0.1) is 0 Å². The molecule has 0 radical (unpaired) electrons. The number of para-hydroxylation sites is 2. The van der Waals surface area contributed by atoms with E-state index in [1.54, 1.807) is 61.5 Å². The van der Waals surface area contributed by atoms with Crippen LogP contribution in [0.25, 0.3) is 0 Å². The molecule has 3 rings (SSSR count). The van der Waals surface area contributed by atoms with E-state index < -0.39 is 15.9 Å². The van der Waals surface area contributed by atoms with Crippen molar-refractivity contribution in [2.75, 3.05) is 22.8 Å². The molecule has 0 aliphatic heterocycles. The van der Waals surface area contributed by atoms with Gasteiger partial charge in [-0.2, -0.15) is 0 Å². The molecule has 0 aliphatic rings. The topological polar surface area (TPSA) is 87.7 Å². The molecular formula is C26H29N3O4S2. The number of benzene rings is 3. The van der Waals surface area contributed by atoms with Crippen molar-refractivity contribution in [2.24, 2.45) is 0 Å². The average Bonchev–Trinajstić information content (AvgIpc) is 2.85. The Balaban J connectivity index is 1.66. The number of hydrogen-bond donors (Lipinski definition) is 2. The molecule has 0 bridgehead atoms. The highest BCUT2D eigenvalue weighted by molar-refractivity contribution is 7.92. The molecule has 0 atom stereocenters. The molecular weight excluding hydrogens is 482 g/mol. The van der Waals surface area contributed by atoms with Gasteiger partial charge in [-0.1, -0.05) is 43.7 Å². The number of amides is 1. The minimum atomic E-state index is -3.73. The number of nitrogens with one attached hydrogen (secondary N) is 2. The fourth-order valence-electron chi connectivity index (χ4n) is 3.36. The summed E-state index contributed by atoms with van der Waals surface area (Å²) in [7, 11) is -3.73. The van der Waals surface area contributed by atoms with Crippen molar-refractivity contribution in [3.8, 4) is 5.75 Å². The van der Waals surface area contributed by atoms with E-state index in [0.29, 0.717) is 35.8 Å². The second kappa shape index (κ2) is 12.3. The maximum atomic E-state index is 13.1. The van der Waals surface area contributed by atoms with Gasteiger partial charge in [0.1, 0.15) is 5.75 Å². The van der Waals surface area contributed by atoms with E-state index in [1.807, 2.05) is 12.1 Å². The van der Waals surface area contributed by atoms with Crippen molar-refractivity contribution >= 4 is 44.6 Å². The number of sulfonamides is 1. The van der Waals surface area contributed by atoms with E-state index in [4.69, 9.17) is 17.0 Å². The standard InChI is InChI=1S/C26H29N3O4S2/c1-3-5-19-33-24-14-10-9-13-23(24)25(30)28-26(34)27-20-15-17-22(18-16-20)35(31,32)29(4-2)21-11-7-6-8-12-21/h6-18H,3-5,19H2,1-2H3,(H2,27,28,30,34). The molecule has 0 fully saturated rings. The SMILES string of the molecule is CCCCOc1ccccc1C(=O)NC(=S)Nc1ccc(S(=O)(=O)N(CC)c2ccccc2)cc1. The van der Waals surface area contributed by atoms with E-state index in [9.17, 15) is 13.2 Å². The summed E-state index contributed by atoms with van der Waals surface area (Å²) in [5.41, 5.74) is 1.53. The lowest BCUT2D eigenvalue weighted by Crippen LogP contribution is -2.34. The van der Waals surface area contributed by atoms with Gasteiger partial charge in [0, 0.05) is 12.2 Å². The maximum absolute atomic E-state index is 13.1. The van der Waals surface area contributed by atoms with Gasteiger partial charge in [-0.3, -0.25) is 14.4 Å². The largest absolute Gasteiger partial charge is 0.493 e. The number of ether oxygens (including phenoxy) is 1. The Hall–Kier alpha value is -3.43. The van der Waals surface area contributed by atoms with E-state index in [-0.39, 0.29) is 10.0 Å². The Morgan fingerprint density at radius 3 is 2.26 bits per heavy atom. The lowest BCUT2D eigenvalue weighted by atomic mass is 10.2. The number of hydrogen-bond acceptors (Lipinski definition) is 5. The highest BCUT2D eigenvalue weighted by Gasteiger charge is 2.23. The van der Waals surface area contributed by atoms with Crippen LogP contribution in [-0.4, -0.2) is 32.6 Å². The van der Waals surface area contributed by atoms with Gasteiger partial charge in [0.2, 0.25) is 0 Å². The van der Waals surface area contributed by atoms with E-state index >= 15 is 0 Å². The van der Waals surface area contributed by atoms with Crippen LogP contribution < -0.4 is 19.7 Å². The van der Waals surface area contributed by atoms with Crippen LogP contribution in [0.1, 0.15) is 37.0 Å². The molecule has 9 heteroatoms. The number of rotatable bonds is 10. The molecule has 0 saturated heterocycles. The quantitative estimate of drug-likeness (QED) is 0.287. The predicted molar refractivity (Wildman–Crippen MR) is 144 cm³/mol. The lowest BCUT2D eigenvalue weighted by molar-refractivity contribution is 0.0973. The molecule has 7 nitrogen and oxygen atoms in total. The second-order valence-corrected chi connectivity index (χ2v) is 9.91. The zero-order chi connectivity index (χ0) is 25.3. The summed E-state index contributed by atoms with van der Waals surface area (Å²) in [5, 5.41) is 5.65. The molecule has 184 valence electrons. The average molecular weight is 512 g/mol. The number of carbonyl (C=O) groups excluding carboxylic acids is 1. The van der Waals surface area contributed by atoms with Gasteiger partial charge < -0.3 is 10.1 Å². The zero-order valence-corrected chi connectivity index (χ0v) is 21.4. The number of anilines is 2. The maximum Gasteiger partial charge on any atom is 0.264 e. The molecule has 1 amide bonds. The molecule has 3 aromatic rings. The summed E-state index contributed by atoms with van der Waals surface area (Å²) in [6.07, 6.45) is 1.88. The van der Waals surface area contributed by atoms with Crippen LogP contribution in [0.4, 0.5) is 11.4 Å². The Morgan fingerprint density at radius 1 is 0.943 bits per heavy atom. The van der Waals surface area contributed by atoms with Gasteiger partial charge >= 0.3 is 0 Å². The highest BCUT2D eigenvalue weighted by Crippen LogP contribution is 2.24. The molecule has 0 aliphatic carbocycles. The smallest absolute Gasteiger partial charge is 0.264 e. The van der Waals surface area contributed by atoms with Gasteiger partial charge in [-0.05, 0) is 74.1 Å². The molecule has 35 heavy (non-hydrogen) atoms. The minimum absolute atomic E-state index is 0.0911. The van der Waals surface area contributed by atoms with Crippen LogP contribution in [0.5, 0.6) is 5.75 Å². The Labute approximate surface area is 212 Å². The summed E-state index contributed by atoms with van der Waals surface area (Å²) in [4.78, 5) is 12.9. The van der Waals surface area contributed by atoms with Crippen LogP contribution in [0.15, 0.2) is 83.8 Å². The third-order valence-electron chi connectivity index (χ3n) is 5.15. The Bertz CT molecular complexity index is 1250. The summed E-state index contributed by atoms with van der Waals surface area (Å²) in [6, 6.07) is 22.1. The first-order chi connectivity index (χ1) is 16.9. The summed E-state index contributed by atoms with van der Waals surface area (Å²) in [5.74, 6) is 0.102. The van der Waals surface area contributed by atoms with E-state index in [2.05, 4.69) is 17.6 Å². The second-order valence-electron chi connectivity index (χ2n) is 7.64. The monoisotopic (exact) mass is 511 g/mol. The molecule has 0 heterocycles. The lowest BCUT2D eigenvalue weighted by Gasteiger charge is -2.23. The van der Waals surface area contributed by atoms with Gasteiger partial charge in [0.05, 0.1) is 22.8 Å². The Kier molecular flexibility index (Phi) is 9.22. The molecule has 2 N–H and O–H groups in total. The van der Waals surface area contributed by atoms with Gasteiger partial charge in [-0.25, -0.2) is 8.42 Å². The molecule has 0 spiro atoms. The van der Waals surface area contributed by atoms with Crippen molar-refractivity contribution in [3.63, 3.8) is 0 Å². The third-order valence-corrected chi connectivity index (χ3v) is 7.27. The fraction of sp³-hybridized carbons (Fsp3) is 0.231. The first-order valence-electron chi connectivity index (χ1n) is 11.4. The highest BCUT2D eigenvalue weighted by atomic mass is 32.2. The van der Waals surface area contributed by atoms with E-state index in [0.717, 1.165) is 12.8 Å². The number of carbonyl (C=O) groups is 1. The zero-order valence-electron chi connectivity index (χ0n) is 19.7. The molecule has 0 saturated carbocycles. The van der Waals surface area contributed by atoms with Crippen molar-refractivity contribution < 1.29 is 17.9 Å². The number of thiocarbonyl (C=S) groups is 1.